The molecule has 0 saturated heterocycles. The summed E-state index contributed by atoms with van der Waals surface area (Å²) in [4.78, 5) is 24.7. The molecular weight excluding hydrogens is 472 g/mol. The topological polar surface area (TPSA) is 52.6 Å². The fraction of sp³-hybridized carbons (Fsp3) is 0.588. The zero-order valence-electron chi connectivity index (χ0n) is 24.0. The molecule has 0 fully saturated rings. The summed E-state index contributed by atoms with van der Waals surface area (Å²) in [5.41, 5.74) is 3.11. The summed E-state index contributed by atoms with van der Waals surface area (Å²) in [6, 6.07) is 14.9. The van der Waals surface area contributed by atoms with Crippen LogP contribution in [-0.2, 0) is 9.47 Å². The molecule has 2 aromatic carbocycles. The summed E-state index contributed by atoms with van der Waals surface area (Å²) < 4.78 is 10.9. The number of ether oxygens (including phenoxy) is 2. The predicted octanol–water partition coefficient (Wildman–Crippen LogP) is 9.95. The van der Waals surface area contributed by atoms with Crippen LogP contribution >= 0.6 is 0 Å². The highest BCUT2D eigenvalue weighted by atomic mass is 16.5. The third-order valence-corrected chi connectivity index (χ3v) is 7.04. The maximum Gasteiger partial charge on any atom is 0.338 e. The van der Waals surface area contributed by atoms with Gasteiger partial charge in [-0.15, -0.1) is 0 Å². The molecule has 0 radical (unpaired) electrons. The lowest BCUT2D eigenvalue weighted by Crippen LogP contribution is -2.06. The molecule has 4 nitrogen and oxygen atoms in total. The highest BCUT2D eigenvalue weighted by Crippen LogP contribution is 2.21. The normalized spacial score (nSPS) is 10.9. The summed E-state index contributed by atoms with van der Waals surface area (Å²) in [6.07, 6.45) is 19.5. The molecule has 0 aromatic heterocycles. The van der Waals surface area contributed by atoms with Gasteiger partial charge in [-0.05, 0) is 48.2 Å². The van der Waals surface area contributed by atoms with Crippen molar-refractivity contribution >= 4 is 11.9 Å². The van der Waals surface area contributed by atoms with Gasteiger partial charge >= 0.3 is 11.9 Å². The molecule has 0 heterocycles. The van der Waals surface area contributed by atoms with Gasteiger partial charge in [-0.25, -0.2) is 9.59 Å². The summed E-state index contributed by atoms with van der Waals surface area (Å²) in [5.74, 6) is -0.539. The van der Waals surface area contributed by atoms with Crippen molar-refractivity contribution in [2.45, 2.75) is 117 Å². The smallest absolute Gasteiger partial charge is 0.338 e. The third kappa shape index (κ3) is 13.3. The van der Waals surface area contributed by atoms with Crippen LogP contribution in [0.1, 0.15) is 137 Å². The monoisotopic (exact) mass is 522 g/mol. The van der Waals surface area contributed by atoms with E-state index < -0.39 is 0 Å². The largest absolute Gasteiger partial charge is 0.462 e. The Kier molecular flexibility index (Phi) is 16.9. The second-order valence-corrected chi connectivity index (χ2v) is 10.4. The number of rotatable bonds is 21. The maximum absolute atomic E-state index is 12.3. The molecule has 2 aromatic rings. The Morgan fingerprint density at radius 3 is 1.05 bits per heavy atom. The lowest BCUT2D eigenvalue weighted by Gasteiger charge is -2.08. The van der Waals surface area contributed by atoms with Crippen LogP contribution in [0.25, 0.3) is 11.1 Å². The number of unbranched alkanes of at least 4 members (excludes halogenated alkanes) is 14. The molecule has 0 aliphatic heterocycles. The van der Waals surface area contributed by atoms with E-state index >= 15 is 0 Å². The van der Waals surface area contributed by atoms with Gasteiger partial charge in [0.1, 0.15) is 0 Å². The van der Waals surface area contributed by atoms with Gasteiger partial charge in [0.15, 0.2) is 0 Å². The lowest BCUT2D eigenvalue weighted by atomic mass is 10.0. The predicted molar refractivity (Wildman–Crippen MR) is 158 cm³/mol. The number of carbonyl (C=O) groups excluding carboxylic acids is 2. The minimum Gasteiger partial charge on any atom is -0.462 e. The van der Waals surface area contributed by atoms with Gasteiger partial charge in [0, 0.05) is 0 Å². The minimum absolute atomic E-state index is 0.269. The van der Waals surface area contributed by atoms with Crippen LogP contribution in [0.15, 0.2) is 48.5 Å². The van der Waals surface area contributed by atoms with Gasteiger partial charge < -0.3 is 9.47 Å². The second kappa shape index (κ2) is 20.4. The van der Waals surface area contributed by atoms with Crippen LogP contribution in [-0.4, -0.2) is 25.2 Å². The maximum atomic E-state index is 12.3. The zero-order valence-corrected chi connectivity index (χ0v) is 24.0. The molecule has 0 spiro atoms. The first kappa shape index (κ1) is 31.6. The van der Waals surface area contributed by atoms with Crippen molar-refractivity contribution in [3.63, 3.8) is 0 Å². The quantitative estimate of drug-likeness (QED) is 0.121. The molecule has 2 rings (SSSR count). The van der Waals surface area contributed by atoms with E-state index in [1.165, 1.54) is 77.0 Å². The SMILES string of the molecule is CCCCCCCCCCOC(=O)c1ccc(-c2ccc(C(=O)OCCCCCCCCCC)cc2)cc1. The Morgan fingerprint density at radius 1 is 0.447 bits per heavy atom. The molecule has 210 valence electrons. The molecule has 0 amide bonds. The summed E-state index contributed by atoms with van der Waals surface area (Å²) in [5, 5.41) is 0. The van der Waals surface area contributed by atoms with Gasteiger partial charge in [-0.1, -0.05) is 128 Å². The Bertz CT molecular complexity index is 810. The Balaban J connectivity index is 1.65. The van der Waals surface area contributed by atoms with Crippen molar-refractivity contribution < 1.29 is 19.1 Å². The van der Waals surface area contributed by atoms with Crippen molar-refractivity contribution in [2.24, 2.45) is 0 Å². The lowest BCUT2D eigenvalue weighted by molar-refractivity contribution is 0.0488. The van der Waals surface area contributed by atoms with E-state index in [-0.39, 0.29) is 11.9 Å². The van der Waals surface area contributed by atoms with Crippen LogP contribution < -0.4 is 0 Å². The first-order valence-electron chi connectivity index (χ1n) is 15.2. The van der Waals surface area contributed by atoms with Gasteiger partial charge in [-0.3, -0.25) is 0 Å². The van der Waals surface area contributed by atoms with Crippen molar-refractivity contribution in [2.75, 3.05) is 13.2 Å². The van der Waals surface area contributed by atoms with Crippen LogP contribution in [0.2, 0.25) is 0 Å². The molecule has 0 unspecified atom stereocenters. The summed E-state index contributed by atoms with van der Waals surface area (Å²) in [7, 11) is 0. The molecule has 0 atom stereocenters. The highest BCUT2D eigenvalue weighted by molar-refractivity contribution is 5.91. The number of benzene rings is 2. The standard InChI is InChI=1S/C34H50O4/c1-3-5-7-9-11-13-15-17-27-37-33(35)31-23-19-29(20-24-31)30-21-25-32(26-22-30)34(36)38-28-18-16-14-12-10-8-6-4-2/h19-26H,3-18,27-28H2,1-2H3. The molecule has 4 heteroatoms. The van der Waals surface area contributed by atoms with Crippen molar-refractivity contribution in [1.29, 1.82) is 0 Å². The second-order valence-electron chi connectivity index (χ2n) is 10.4. The van der Waals surface area contributed by atoms with Gasteiger partial charge in [0.05, 0.1) is 24.3 Å². The Labute approximate surface area is 231 Å². The minimum atomic E-state index is -0.269. The average molecular weight is 523 g/mol. The van der Waals surface area contributed by atoms with Crippen LogP contribution in [0.3, 0.4) is 0 Å². The molecule has 0 saturated carbocycles. The van der Waals surface area contributed by atoms with Crippen LogP contribution in [0, 0.1) is 0 Å². The molecule has 0 aliphatic carbocycles. The number of hydrogen-bond donors (Lipinski definition) is 0. The van der Waals surface area contributed by atoms with Crippen molar-refractivity contribution in [1.82, 2.24) is 0 Å². The summed E-state index contributed by atoms with van der Waals surface area (Å²) in [6.45, 7) is 5.42. The summed E-state index contributed by atoms with van der Waals surface area (Å²) >= 11 is 0. The third-order valence-electron chi connectivity index (χ3n) is 7.04. The highest BCUT2D eigenvalue weighted by Gasteiger charge is 2.10. The fourth-order valence-corrected chi connectivity index (χ4v) is 4.57. The number of esters is 2. The first-order chi connectivity index (χ1) is 18.7. The van der Waals surface area contributed by atoms with E-state index in [0.29, 0.717) is 24.3 Å². The molecule has 0 aliphatic rings. The molecule has 0 N–H and O–H groups in total. The zero-order chi connectivity index (χ0) is 27.3. The van der Waals surface area contributed by atoms with Crippen molar-refractivity contribution in [3.8, 4) is 11.1 Å². The number of hydrogen-bond acceptors (Lipinski definition) is 4. The van der Waals surface area contributed by atoms with E-state index in [0.717, 1.165) is 36.8 Å². The Hall–Kier alpha value is -2.62. The van der Waals surface area contributed by atoms with Crippen LogP contribution in [0.5, 0.6) is 0 Å². The van der Waals surface area contributed by atoms with E-state index in [1.807, 2.05) is 24.3 Å². The molecule has 0 bridgehead atoms. The van der Waals surface area contributed by atoms with Gasteiger partial charge in [-0.2, -0.15) is 0 Å². The molecular formula is C34H50O4. The first-order valence-corrected chi connectivity index (χ1v) is 15.2. The van der Waals surface area contributed by atoms with Crippen molar-refractivity contribution in [3.05, 3.63) is 59.7 Å². The van der Waals surface area contributed by atoms with E-state index in [4.69, 9.17) is 9.47 Å². The van der Waals surface area contributed by atoms with E-state index in [1.54, 1.807) is 24.3 Å². The average Bonchev–Trinajstić information content (AvgIpc) is 2.95. The van der Waals surface area contributed by atoms with E-state index in [9.17, 15) is 9.59 Å². The van der Waals surface area contributed by atoms with Gasteiger partial charge in [0.2, 0.25) is 0 Å². The molecule has 38 heavy (non-hydrogen) atoms. The number of carbonyl (C=O) groups is 2. The Morgan fingerprint density at radius 2 is 0.737 bits per heavy atom. The van der Waals surface area contributed by atoms with E-state index in [2.05, 4.69) is 13.8 Å². The van der Waals surface area contributed by atoms with Crippen LogP contribution in [0.4, 0.5) is 0 Å². The van der Waals surface area contributed by atoms with Gasteiger partial charge in [0.25, 0.3) is 0 Å². The fourth-order valence-electron chi connectivity index (χ4n) is 4.57.